The van der Waals surface area contributed by atoms with E-state index in [0.717, 1.165) is 18.9 Å². The van der Waals surface area contributed by atoms with Crippen LogP contribution in [0.1, 0.15) is 37.0 Å². The minimum absolute atomic E-state index is 0.133. The first kappa shape index (κ1) is 15.8. The van der Waals surface area contributed by atoms with E-state index in [0.29, 0.717) is 6.07 Å². The van der Waals surface area contributed by atoms with Gasteiger partial charge < -0.3 is 10.7 Å². The molecule has 0 aliphatic carbocycles. The second-order valence-corrected chi connectivity index (χ2v) is 4.41. The SMILES string of the molecule is CCCC(C)NC(=O)c1cc(NN)c(F)cc1[N+](=O)[O-]. The molecule has 0 bridgehead atoms. The normalized spacial score (nSPS) is 11.8. The van der Waals surface area contributed by atoms with Gasteiger partial charge in [-0.25, -0.2) is 4.39 Å². The van der Waals surface area contributed by atoms with Crippen LogP contribution in [-0.2, 0) is 0 Å². The first-order valence-electron chi connectivity index (χ1n) is 6.16. The van der Waals surface area contributed by atoms with Gasteiger partial charge in [-0.05, 0) is 19.4 Å². The van der Waals surface area contributed by atoms with Crippen LogP contribution in [0, 0.1) is 15.9 Å². The van der Waals surface area contributed by atoms with Crippen molar-refractivity contribution >= 4 is 17.3 Å². The van der Waals surface area contributed by atoms with Crippen molar-refractivity contribution in [2.75, 3.05) is 5.43 Å². The molecule has 0 aliphatic heterocycles. The molecule has 0 saturated heterocycles. The molecule has 0 aliphatic rings. The van der Waals surface area contributed by atoms with E-state index in [1.807, 2.05) is 6.92 Å². The Labute approximate surface area is 115 Å². The van der Waals surface area contributed by atoms with E-state index in [1.54, 1.807) is 6.92 Å². The molecule has 1 atom stereocenters. The number of nitro benzene ring substituents is 1. The Morgan fingerprint density at radius 2 is 2.20 bits per heavy atom. The van der Waals surface area contributed by atoms with Crippen molar-refractivity contribution in [3.05, 3.63) is 33.6 Å². The van der Waals surface area contributed by atoms with Crippen LogP contribution >= 0.6 is 0 Å². The number of nitrogen functional groups attached to an aromatic ring is 1. The van der Waals surface area contributed by atoms with E-state index in [1.165, 1.54) is 0 Å². The highest BCUT2D eigenvalue weighted by Gasteiger charge is 2.24. The lowest BCUT2D eigenvalue weighted by Gasteiger charge is -2.13. The molecule has 8 heteroatoms. The summed E-state index contributed by atoms with van der Waals surface area (Å²) in [6, 6.07) is 1.57. The number of carbonyl (C=O) groups is 1. The van der Waals surface area contributed by atoms with Crippen LogP contribution in [0.2, 0.25) is 0 Å². The fourth-order valence-electron chi connectivity index (χ4n) is 1.81. The Kier molecular flexibility index (Phi) is 5.39. The predicted octanol–water partition coefficient (Wildman–Crippen LogP) is 1.94. The smallest absolute Gasteiger partial charge is 0.285 e. The van der Waals surface area contributed by atoms with Gasteiger partial charge in [0.05, 0.1) is 16.7 Å². The summed E-state index contributed by atoms with van der Waals surface area (Å²) in [5.41, 5.74) is 1.06. The van der Waals surface area contributed by atoms with Crippen LogP contribution in [-0.4, -0.2) is 16.9 Å². The van der Waals surface area contributed by atoms with Crippen LogP contribution in [0.25, 0.3) is 0 Å². The minimum atomic E-state index is -0.891. The van der Waals surface area contributed by atoms with Crippen LogP contribution in [0.5, 0.6) is 0 Å². The molecule has 0 aromatic heterocycles. The summed E-state index contributed by atoms with van der Waals surface area (Å²) in [6.45, 7) is 3.75. The van der Waals surface area contributed by atoms with Crippen molar-refractivity contribution in [1.82, 2.24) is 5.32 Å². The summed E-state index contributed by atoms with van der Waals surface area (Å²) in [6.07, 6.45) is 1.60. The number of anilines is 1. The largest absolute Gasteiger partial charge is 0.349 e. The van der Waals surface area contributed by atoms with Gasteiger partial charge in [-0.1, -0.05) is 13.3 Å². The van der Waals surface area contributed by atoms with E-state index in [4.69, 9.17) is 5.84 Å². The lowest BCUT2D eigenvalue weighted by Crippen LogP contribution is -2.33. The van der Waals surface area contributed by atoms with Crippen molar-refractivity contribution in [2.24, 2.45) is 5.84 Å². The number of nitrogens with one attached hydrogen (secondary N) is 2. The van der Waals surface area contributed by atoms with E-state index in [2.05, 4.69) is 10.7 Å². The molecule has 0 spiro atoms. The Morgan fingerprint density at radius 3 is 2.70 bits per heavy atom. The molecule has 1 amide bonds. The van der Waals surface area contributed by atoms with Crippen molar-refractivity contribution in [2.45, 2.75) is 32.7 Å². The highest BCUT2D eigenvalue weighted by molar-refractivity contribution is 5.99. The lowest BCUT2D eigenvalue weighted by atomic mass is 10.1. The number of rotatable bonds is 6. The standard InChI is InChI=1S/C12H17FN4O3/c1-3-4-7(2)15-12(18)8-5-10(16-14)9(13)6-11(8)17(19)20/h5-7,16H,3-4,14H2,1-2H3,(H,15,18). The first-order valence-corrected chi connectivity index (χ1v) is 6.16. The molecule has 4 N–H and O–H groups in total. The van der Waals surface area contributed by atoms with Gasteiger partial charge in [0.1, 0.15) is 5.56 Å². The topological polar surface area (TPSA) is 110 Å². The van der Waals surface area contributed by atoms with Crippen molar-refractivity contribution in [3.8, 4) is 0 Å². The summed E-state index contributed by atoms with van der Waals surface area (Å²) < 4.78 is 13.5. The highest BCUT2D eigenvalue weighted by atomic mass is 19.1. The summed E-state index contributed by atoms with van der Waals surface area (Å²) in [7, 11) is 0. The molecular formula is C12H17FN4O3. The first-order chi connectivity index (χ1) is 9.40. The van der Waals surface area contributed by atoms with E-state index in [9.17, 15) is 19.3 Å². The van der Waals surface area contributed by atoms with Crippen LogP contribution in [0.15, 0.2) is 12.1 Å². The maximum Gasteiger partial charge on any atom is 0.285 e. The predicted molar refractivity (Wildman–Crippen MR) is 72.7 cm³/mol. The summed E-state index contributed by atoms with van der Waals surface area (Å²) in [5.74, 6) is 3.58. The monoisotopic (exact) mass is 284 g/mol. The summed E-state index contributed by atoms with van der Waals surface area (Å²) in [4.78, 5) is 22.1. The van der Waals surface area contributed by atoms with Gasteiger partial charge in [-0.3, -0.25) is 20.8 Å². The van der Waals surface area contributed by atoms with Crippen molar-refractivity contribution in [3.63, 3.8) is 0 Å². The van der Waals surface area contributed by atoms with Crippen LogP contribution in [0.4, 0.5) is 15.8 Å². The fraction of sp³-hybridized carbons (Fsp3) is 0.417. The average Bonchev–Trinajstić information content (AvgIpc) is 2.38. The summed E-state index contributed by atoms with van der Waals surface area (Å²) in [5, 5.41) is 13.5. The van der Waals surface area contributed by atoms with E-state index >= 15 is 0 Å². The molecule has 1 rings (SSSR count). The molecule has 1 aromatic carbocycles. The van der Waals surface area contributed by atoms with Gasteiger partial charge in [-0.2, -0.15) is 0 Å². The maximum atomic E-state index is 13.5. The number of hydrogen-bond donors (Lipinski definition) is 3. The number of nitrogens with zero attached hydrogens (tertiary/aromatic N) is 1. The third-order valence-corrected chi connectivity index (χ3v) is 2.78. The molecule has 1 aromatic rings. The average molecular weight is 284 g/mol. The van der Waals surface area contributed by atoms with Gasteiger partial charge in [0.25, 0.3) is 11.6 Å². The number of nitrogens with two attached hydrogens (primary N) is 1. The number of amides is 1. The van der Waals surface area contributed by atoms with Gasteiger partial charge in [0.2, 0.25) is 0 Å². The van der Waals surface area contributed by atoms with Gasteiger partial charge in [-0.15, -0.1) is 0 Å². The van der Waals surface area contributed by atoms with E-state index < -0.39 is 22.3 Å². The number of hydrogen-bond acceptors (Lipinski definition) is 5. The minimum Gasteiger partial charge on any atom is -0.349 e. The maximum absolute atomic E-state index is 13.5. The molecule has 0 saturated carbocycles. The zero-order chi connectivity index (χ0) is 15.3. The number of nitro groups is 1. The van der Waals surface area contributed by atoms with Gasteiger partial charge in [0.15, 0.2) is 5.82 Å². The Morgan fingerprint density at radius 1 is 1.55 bits per heavy atom. The second-order valence-electron chi connectivity index (χ2n) is 4.41. The molecule has 7 nitrogen and oxygen atoms in total. The Hall–Kier alpha value is -2.22. The quantitative estimate of drug-likeness (QED) is 0.420. The zero-order valence-corrected chi connectivity index (χ0v) is 11.3. The van der Waals surface area contributed by atoms with Crippen LogP contribution in [0.3, 0.4) is 0 Å². The molecule has 0 radical (unpaired) electrons. The highest BCUT2D eigenvalue weighted by Crippen LogP contribution is 2.25. The Balaban J connectivity index is 3.14. The number of benzene rings is 1. The molecule has 0 heterocycles. The Bertz CT molecular complexity index is 522. The number of hydrazine groups is 1. The molecule has 110 valence electrons. The van der Waals surface area contributed by atoms with Crippen molar-refractivity contribution < 1.29 is 14.1 Å². The molecule has 0 fully saturated rings. The zero-order valence-electron chi connectivity index (χ0n) is 11.3. The second kappa shape index (κ2) is 6.80. The fourth-order valence-corrected chi connectivity index (χ4v) is 1.81. The number of carbonyl (C=O) groups excluding carboxylic acids is 1. The van der Waals surface area contributed by atoms with Crippen molar-refractivity contribution in [1.29, 1.82) is 0 Å². The van der Waals surface area contributed by atoms with Crippen LogP contribution < -0.4 is 16.6 Å². The third-order valence-electron chi connectivity index (χ3n) is 2.78. The van der Waals surface area contributed by atoms with Gasteiger partial charge >= 0.3 is 0 Å². The molecular weight excluding hydrogens is 267 g/mol. The molecule has 1 unspecified atom stereocenters. The number of halogens is 1. The van der Waals surface area contributed by atoms with Gasteiger partial charge in [0, 0.05) is 6.04 Å². The lowest BCUT2D eigenvalue weighted by molar-refractivity contribution is -0.385. The van der Waals surface area contributed by atoms with E-state index in [-0.39, 0.29) is 17.3 Å². The summed E-state index contributed by atoms with van der Waals surface area (Å²) >= 11 is 0. The third kappa shape index (κ3) is 3.64. The molecule has 20 heavy (non-hydrogen) atoms.